The molecular weight excluding hydrogens is 280 g/mol. The van der Waals surface area contributed by atoms with Crippen LogP contribution in [0.2, 0.25) is 5.28 Å². The molecule has 0 aliphatic carbocycles. The van der Waals surface area contributed by atoms with Crippen LogP contribution in [0.5, 0.6) is 0 Å². The van der Waals surface area contributed by atoms with Gasteiger partial charge in [0, 0.05) is 5.56 Å². The highest BCUT2D eigenvalue weighted by Gasteiger charge is 2.25. The van der Waals surface area contributed by atoms with E-state index < -0.39 is 22.2 Å². The Balaban J connectivity index is 2.81. The summed E-state index contributed by atoms with van der Waals surface area (Å²) in [5, 5.41) is 10.7. The third-order valence-electron chi connectivity index (χ3n) is 2.42. The summed E-state index contributed by atoms with van der Waals surface area (Å²) in [4.78, 5) is 17.5. The van der Waals surface area contributed by atoms with E-state index in [4.69, 9.17) is 11.6 Å². The first-order chi connectivity index (χ1) is 8.91. The zero-order valence-corrected chi connectivity index (χ0v) is 10.3. The molecule has 0 atom stereocenters. The Hall–Kier alpha value is -2.15. The van der Waals surface area contributed by atoms with Gasteiger partial charge in [-0.3, -0.25) is 10.1 Å². The number of hydrogen-bond acceptors (Lipinski definition) is 4. The fourth-order valence-corrected chi connectivity index (χ4v) is 1.84. The van der Waals surface area contributed by atoms with Crippen molar-refractivity contribution in [2.45, 2.75) is 6.92 Å². The summed E-state index contributed by atoms with van der Waals surface area (Å²) >= 11 is 5.61. The van der Waals surface area contributed by atoms with Crippen molar-refractivity contribution in [1.82, 2.24) is 9.97 Å². The first-order valence-electron chi connectivity index (χ1n) is 5.04. The molecule has 0 radical (unpaired) electrons. The fourth-order valence-electron chi connectivity index (χ4n) is 1.63. The van der Waals surface area contributed by atoms with Crippen molar-refractivity contribution in [2.24, 2.45) is 0 Å². The van der Waals surface area contributed by atoms with Gasteiger partial charge in [0.05, 0.1) is 4.92 Å². The van der Waals surface area contributed by atoms with E-state index in [0.29, 0.717) is 0 Å². The van der Waals surface area contributed by atoms with Gasteiger partial charge in [-0.05, 0) is 30.7 Å². The molecule has 5 nitrogen and oxygen atoms in total. The molecule has 0 spiro atoms. The quantitative estimate of drug-likeness (QED) is 0.482. The van der Waals surface area contributed by atoms with Crippen molar-refractivity contribution >= 4 is 17.3 Å². The maximum Gasteiger partial charge on any atom is 0.316 e. The van der Waals surface area contributed by atoms with Crippen LogP contribution in [0.25, 0.3) is 11.3 Å². The normalized spacial score (nSPS) is 10.5. The summed E-state index contributed by atoms with van der Waals surface area (Å²) in [6.07, 6.45) is 0. The van der Waals surface area contributed by atoms with E-state index in [1.165, 1.54) is 19.1 Å². The van der Waals surface area contributed by atoms with Crippen LogP contribution in [-0.4, -0.2) is 14.9 Å². The van der Waals surface area contributed by atoms with Crippen molar-refractivity contribution in [3.63, 3.8) is 0 Å². The minimum atomic E-state index is -1.22. The van der Waals surface area contributed by atoms with Crippen molar-refractivity contribution < 1.29 is 13.7 Å². The van der Waals surface area contributed by atoms with Crippen molar-refractivity contribution in [3.05, 3.63) is 50.9 Å². The minimum absolute atomic E-state index is 0.0244. The third kappa shape index (κ3) is 2.37. The van der Waals surface area contributed by atoms with Gasteiger partial charge in [0.1, 0.15) is 5.69 Å². The molecule has 2 rings (SSSR count). The van der Waals surface area contributed by atoms with E-state index in [9.17, 15) is 18.9 Å². The Kier molecular flexibility index (Phi) is 3.39. The molecule has 8 heteroatoms. The van der Waals surface area contributed by atoms with E-state index in [1.54, 1.807) is 0 Å². The second kappa shape index (κ2) is 4.85. The minimum Gasteiger partial charge on any atom is -0.258 e. The largest absolute Gasteiger partial charge is 0.316 e. The molecule has 98 valence electrons. The summed E-state index contributed by atoms with van der Waals surface area (Å²) in [5.74, 6) is -2.35. The second-order valence-electron chi connectivity index (χ2n) is 3.63. The molecule has 0 fully saturated rings. The van der Waals surface area contributed by atoms with Crippen molar-refractivity contribution in [3.8, 4) is 11.3 Å². The average Bonchev–Trinajstić information content (AvgIpc) is 2.31. The molecule has 0 saturated heterocycles. The molecule has 0 aliphatic rings. The van der Waals surface area contributed by atoms with Crippen molar-refractivity contribution in [1.29, 1.82) is 0 Å². The van der Waals surface area contributed by atoms with Gasteiger partial charge in [-0.15, -0.1) is 0 Å². The van der Waals surface area contributed by atoms with Crippen LogP contribution in [0, 0.1) is 28.7 Å². The molecule has 0 N–H and O–H groups in total. The van der Waals surface area contributed by atoms with Gasteiger partial charge in [0.25, 0.3) is 0 Å². The van der Waals surface area contributed by atoms with Crippen LogP contribution >= 0.6 is 11.6 Å². The predicted molar refractivity (Wildman–Crippen MR) is 63.8 cm³/mol. The Morgan fingerprint density at radius 1 is 1.32 bits per heavy atom. The molecule has 19 heavy (non-hydrogen) atoms. The number of nitrogens with zero attached hydrogens (tertiary/aromatic N) is 3. The van der Waals surface area contributed by atoms with E-state index in [1.807, 2.05) is 0 Å². The number of nitro groups is 1. The second-order valence-corrected chi connectivity index (χ2v) is 3.97. The molecule has 0 saturated carbocycles. The fraction of sp³-hybridized carbons (Fsp3) is 0.0909. The van der Waals surface area contributed by atoms with E-state index in [2.05, 4.69) is 9.97 Å². The number of rotatable bonds is 2. The van der Waals surface area contributed by atoms with Crippen LogP contribution in [0.3, 0.4) is 0 Å². The Labute approximate surface area is 111 Å². The monoisotopic (exact) mass is 285 g/mol. The summed E-state index contributed by atoms with van der Waals surface area (Å²) < 4.78 is 26.9. The predicted octanol–water partition coefficient (Wildman–Crippen LogP) is 3.29. The molecule has 0 bridgehead atoms. The zero-order valence-electron chi connectivity index (χ0n) is 9.52. The summed E-state index contributed by atoms with van der Waals surface area (Å²) in [6, 6.07) is 3.31. The smallest absolute Gasteiger partial charge is 0.258 e. The van der Waals surface area contributed by atoms with Gasteiger partial charge in [0.15, 0.2) is 17.3 Å². The van der Waals surface area contributed by atoms with E-state index in [-0.39, 0.29) is 22.2 Å². The maximum absolute atomic E-state index is 13.7. The highest BCUT2D eigenvalue weighted by molar-refractivity contribution is 6.28. The summed E-state index contributed by atoms with van der Waals surface area (Å²) in [7, 11) is 0. The SMILES string of the molecule is Cc1nc(Cl)nc(-c2cccc(F)c2F)c1[N+](=O)[O-]. The molecule has 0 aliphatic heterocycles. The first-order valence-corrected chi connectivity index (χ1v) is 5.42. The topological polar surface area (TPSA) is 68.9 Å². The Morgan fingerprint density at radius 3 is 2.63 bits per heavy atom. The Bertz CT molecular complexity index is 679. The third-order valence-corrected chi connectivity index (χ3v) is 2.59. The Morgan fingerprint density at radius 2 is 2.00 bits per heavy atom. The van der Waals surface area contributed by atoms with Crippen LogP contribution in [0.15, 0.2) is 18.2 Å². The van der Waals surface area contributed by atoms with Gasteiger partial charge in [-0.25, -0.2) is 18.7 Å². The molecule has 2 aromatic rings. The number of aryl methyl sites for hydroxylation is 1. The van der Waals surface area contributed by atoms with Gasteiger partial charge < -0.3 is 0 Å². The van der Waals surface area contributed by atoms with Crippen LogP contribution in [0.1, 0.15) is 5.69 Å². The maximum atomic E-state index is 13.7. The summed E-state index contributed by atoms with van der Waals surface area (Å²) in [5.41, 5.74) is -1.21. The number of halogens is 3. The lowest BCUT2D eigenvalue weighted by Gasteiger charge is -2.06. The number of aromatic nitrogens is 2. The molecule has 0 amide bonds. The zero-order chi connectivity index (χ0) is 14.2. The van der Waals surface area contributed by atoms with Gasteiger partial charge in [-0.1, -0.05) is 6.07 Å². The molecule has 1 aromatic carbocycles. The highest BCUT2D eigenvalue weighted by Crippen LogP contribution is 2.33. The number of hydrogen-bond donors (Lipinski definition) is 0. The van der Waals surface area contributed by atoms with E-state index in [0.717, 1.165) is 6.07 Å². The molecule has 0 unspecified atom stereocenters. The average molecular weight is 286 g/mol. The standard InChI is InChI=1S/C11H6ClF2N3O2/c1-5-10(17(18)19)9(16-11(12)15-5)6-3-2-4-7(13)8(6)14/h2-4H,1H3. The lowest BCUT2D eigenvalue weighted by molar-refractivity contribution is -0.385. The summed E-state index contributed by atoms with van der Waals surface area (Å²) in [6.45, 7) is 1.34. The van der Waals surface area contributed by atoms with E-state index >= 15 is 0 Å². The number of benzene rings is 1. The molecular formula is C11H6ClF2N3O2. The van der Waals surface area contributed by atoms with Gasteiger partial charge >= 0.3 is 5.69 Å². The van der Waals surface area contributed by atoms with Crippen LogP contribution in [-0.2, 0) is 0 Å². The van der Waals surface area contributed by atoms with Crippen molar-refractivity contribution in [2.75, 3.05) is 0 Å². The van der Waals surface area contributed by atoms with Gasteiger partial charge in [-0.2, -0.15) is 0 Å². The lowest BCUT2D eigenvalue weighted by Crippen LogP contribution is -2.02. The lowest BCUT2D eigenvalue weighted by atomic mass is 10.1. The van der Waals surface area contributed by atoms with Gasteiger partial charge in [0.2, 0.25) is 5.28 Å². The molecule has 1 heterocycles. The highest BCUT2D eigenvalue weighted by atomic mass is 35.5. The first kappa shape index (κ1) is 13.3. The van der Waals surface area contributed by atoms with Crippen LogP contribution < -0.4 is 0 Å². The van der Waals surface area contributed by atoms with Crippen LogP contribution in [0.4, 0.5) is 14.5 Å². The molecule has 1 aromatic heterocycles.